The van der Waals surface area contributed by atoms with Gasteiger partial charge in [0.2, 0.25) is 0 Å². The molecule has 0 unspecified atom stereocenters. The quantitative estimate of drug-likeness (QED) is 0.339. The number of nitrogens with zero attached hydrogens (tertiary/aromatic N) is 3. The molecule has 0 spiro atoms. The zero-order chi connectivity index (χ0) is 21.1. The Morgan fingerprint density at radius 2 is 0.909 bits per heavy atom. The molecule has 0 fully saturated rings. The summed E-state index contributed by atoms with van der Waals surface area (Å²) in [6.07, 6.45) is 3.52. The van der Waals surface area contributed by atoms with E-state index in [0.717, 1.165) is 33.6 Å². The van der Waals surface area contributed by atoms with E-state index in [1.54, 1.807) is 12.4 Å². The normalized spacial score (nSPS) is 10.3. The molecule has 0 aliphatic heterocycles. The second kappa shape index (κ2) is 14.8. The molecule has 0 atom stereocenters. The number of pyridine rings is 1. The van der Waals surface area contributed by atoms with E-state index in [9.17, 15) is 0 Å². The van der Waals surface area contributed by atoms with Gasteiger partial charge < -0.3 is 37.2 Å². The first-order valence-corrected chi connectivity index (χ1v) is 10.0. The number of hydrogen-bond acceptors (Lipinski definition) is 3. The molecular formula is C25H26Cl4CoN3. The minimum absolute atomic E-state index is 0. The number of halogens is 4. The maximum Gasteiger partial charge on any atom is 3.00 e. The summed E-state index contributed by atoms with van der Waals surface area (Å²) in [7, 11) is 0. The van der Waals surface area contributed by atoms with E-state index in [0.29, 0.717) is 16.4 Å². The average Bonchev–Trinajstić information content (AvgIpc) is 2.59. The summed E-state index contributed by atoms with van der Waals surface area (Å²) in [4.78, 5) is 14.0. The summed E-state index contributed by atoms with van der Waals surface area (Å²) in [6, 6.07) is 12.2. The Labute approximate surface area is 231 Å². The number of hydrogen-bond donors (Lipinski definition) is 0. The van der Waals surface area contributed by atoms with Crippen molar-refractivity contribution in [2.24, 2.45) is 9.98 Å². The molecule has 2 aromatic carbocycles. The molecular weight excluding hydrogens is 543 g/mol. The zero-order valence-corrected chi connectivity index (χ0v) is 23.4. The van der Waals surface area contributed by atoms with E-state index in [-0.39, 0.29) is 54.0 Å². The molecule has 33 heavy (non-hydrogen) atoms. The number of aromatic nitrogens is 1. The molecule has 0 saturated heterocycles. The Morgan fingerprint density at radius 3 is 1.21 bits per heavy atom. The van der Waals surface area contributed by atoms with Gasteiger partial charge in [0.15, 0.2) is 0 Å². The fourth-order valence-electron chi connectivity index (χ4n) is 3.68. The van der Waals surface area contributed by atoms with Crippen LogP contribution in [0.2, 0.25) is 5.02 Å². The molecule has 3 rings (SSSR count). The summed E-state index contributed by atoms with van der Waals surface area (Å²) in [6.45, 7) is 12.5. The molecule has 0 bridgehead atoms. The molecule has 3 nitrogen and oxygen atoms in total. The standard InChI is InChI=1S/C25H26ClN3.3ClH.Co/c1-15-7-17(3)24(18(4)8-15)27-13-22-11-21(26)12-23(29-22)14-28-25-19(5)9-16(2)10-20(25)6;;;;/h7-14H,1-6H3;3*1H;/q;;;;+3/p-3. The van der Waals surface area contributed by atoms with Gasteiger partial charge in [-0.05, 0) is 75.9 Å². The predicted octanol–water partition coefficient (Wildman–Crippen LogP) is -1.90. The molecule has 0 saturated carbocycles. The van der Waals surface area contributed by atoms with Gasteiger partial charge >= 0.3 is 16.8 Å². The monoisotopic (exact) mass is 567 g/mol. The number of aryl methyl sites for hydroxylation is 6. The van der Waals surface area contributed by atoms with Crippen LogP contribution in [0.25, 0.3) is 0 Å². The second-order valence-electron chi connectivity index (χ2n) is 7.65. The molecule has 1 aromatic heterocycles. The number of rotatable bonds is 4. The van der Waals surface area contributed by atoms with Crippen molar-refractivity contribution in [3.05, 3.63) is 86.2 Å². The van der Waals surface area contributed by atoms with Crippen molar-refractivity contribution in [2.45, 2.75) is 41.5 Å². The van der Waals surface area contributed by atoms with Crippen LogP contribution in [0, 0.1) is 41.5 Å². The van der Waals surface area contributed by atoms with Gasteiger partial charge in [0.1, 0.15) is 0 Å². The molecule has 8 heteroatoms. The van der Waals surface area contributed by atoms with Crippen molar-refractivity contribution in [2.75, 3.05) is 0 Å². The van der Waals surface area contributed by atoms with Crippen molar-refractivity contribution in [3.63, 3.8) is 0 Å². The van der Waals surface area contributed by atoms with Gasteiger partial charge in [-0.3, -0.25) is 9.98 Å². The molecule has 3 aromatic rings. The van der Waals surface area contributed by atoms with Crippen LogP contribution < -0.4 is 37.2 Å². The van der Waals surface area contributed by atoms with Crippen LogP contribution >= 0.6 is 11.6 Å². The first-order valence-electron chi connectivity index (χ1n) is 9.64. The van der Waals surface area contributed by atoms with E-state index in [4.69, 9.17) is 11.6 Å². The van der Waals surface area contributed by atoms with Crippen molar-refractivity contribution in [3.8, 4) is 0 Å². The van der Waals surface area contributed by atoms with Crippen LogP contribution in [0.1, 0.15) is 44.8 Å². The molecule has 0 radical (unpaired) electrons. The van der Waals surface area contributed by atoms with Gasteiger partial charge in [-0.2, -0.15) is 0 Å². The molecule has 0 aliphatic carbocycles. The first-order chi connectivity index (χ1) is 13.7. The largest absolute Gasteiger partial charge is 3.00 e. The van der Waals surface area contributed by atoms with E-state index >= 15 is 0 Å². The SMILES string of the molecule is Cc1cc(C)c(N=Cc2cc(Cl)cc(C=Nc3c(C)cc(C)cc3C)n2)c(C)c1.[Cl-].[Cl-].[Cl-].[Co+3]. The summed E-state index contributed by atoms with van der Waals surface area (Å²) in [5.41, 5.74) is 10.4. The second-order valence-corrected chi connectivity index (χ2v) is 8.08. The fourth-order valence-corrected chi connectivity index (χ4v) is 3.91. The van der Waals surface area contributed by atoms with Crippen molar-refractivity contribution in [1.82, 2.24) is 4.98 Å². The van der Waals surface area contributed by atoms with Gasteiger partial charge in [0.25, 0.3) is 0 Å². The third kappa shape index (κ3) is 9.04. The minimum atomic E-state index is 0. The number of aliphatic imine (C=N–C) groups is 2. The van der Waals surface area contributed by atoms with Gasteiger partial charge in [0, 0.05) is 5.02 Å². The van der Waals surface area contributed by atoms with Crippen LogP contribution in [-0.4, -0.2) is 17.4 Å². The van der Waals surface area contributed by atoms with Gasteiger partial charge in [-0.25, -0.2) is 4.98 Å². The van der Waals surface area contributed by atoms with Crippen LogP contribution in [0.4, 0.5) is 11.4 Å². The topological polar surface area (TPSA) is 37.6 Å². The van der Waals surface area contributed by atoms with E-state index in [2.05, 4.69) is 80.8 Å². The molecule has 0 N–H and O–H groups in total. The van der Waals surface area contributed by atoms with Crippen LogP contribution in [0.15, 0.2) is 46.4 Å². The summed E-state index contributed by atoms with van der Waals surface area (Å²) in [5.74, 6) is 0. The first kappa shape index (κ1) is 33.8. The Hall–Kier alpha value is -1.40. The Kier molecular flexibility index (Phi) is 15.1. The van der Waals surface area contributed by atoms with Crippen LogP contribution in [0.3, 0.4) is 0 Å². The van der Waals surface area contributed by atoms with Crippen LogP contribution in [0.5, 0.6) is 0 Å². The van der Waals surface area contributed by atoms with Gasteiger partial charge in [0.05, 0.1) is 35.2 Å². The summed E-state index contributed by atoms with van der Waals surface area (Å²) < 4.78 is 0. The maximum atomic E-state index is 6.32. The van der Waals surface area contributed by atoms with E-state index in [1.165, 1.54) is 11.1 Å². The van der Waals surface area contributed by atoms with E-state index < -0.39 is 0 Å². The molecule has 0 amide bonds. The van der Waals surface area contributed by atoms with E-state index in [1.807, 2.05) is 12.1 Å². The number of benzene rings is 2. The minimum Gasteiger partial charge on any atom is -1.00 e. The Bertz CT molecular complexity index is 1010. The fraction of sp³-hybridized carbons (Fsp3) is 0.240. The molecule has 1 heterocycles. The van der Waals surface area contributed by atoms with Gasteiger partial charge in [-0.15, -0.1) is 0 Å². The van der Waals surface area contributed by atoms with Gasteiger partial charge in [-0.1, -0.05) is 47.0 Å². The summed E-state index contributed by atoms with van der Waals surface area (Å²) in [5, 5.41) is 0.609. The summed E-state index contributed by atoms with van der Waals surface area (Å²) >= 11 is 6.32. The van der Waals surface area contributed by atoms with Crippen molar-refractivity contribution >= 4 is 35.4 Å². The Morgan fingerprint density at radius 1 is 0.606 bits per heavy atom. The third-order valence-electron chi connectivity index (χ3n) is 4.75. The molecule has 0 aliphatic rings. The smallest absolute Gasteiger partial charge is 1.00 e. The third-order valence-corrected chi connectivity index (χ3v) is 4.97. The maximum absolute atomic E-state index is 6.32. The Balaban J connectivity index is 0. The zero-order valence-electron chi connectivity index (χ0n) is 19.3. The predicted molar refractivity (Wildman–Crippen MR) is 125 cm³/mol. The van der Waals surface area contributed by atoms with Crippen molar-refractivity contribution in [1.29, 1.82) is 0 Å². The average molecular weight is 569 g/mol. The van der Waals surface area contributed by atoms with Crippen LogP contribution in [-0.2, 0) is 16.8 Å². The van der Waals surface area contributed by atoms with Crippen molar-refractivity contribution < 1.29 is 54.0 Å². The molecule has 178 valence electrons.